The topological polar surface area (TPSA) is 56.3 Å². The zero-order valence-electron chi connectivity index (χ0n) is 6.44. The lowest BCUT2D eigenvalue weighted by molar-refractivity contribution is -0.151. The molecule has 0 amide bonds. The highest BCUT2D eigenvalue weighted by molar-refractivity contribution is 7.09. The summed E-state index contributed by atoms with van der Waals surface area (Å²) in [5.74, 6) is -1.38. The summed E-state index contributed by atoms with van der Waals surface area (Å²) in [5, 5.41) is 2.38. The number of rotatable bonds is 3. The monoisotopic (exact) mass is 185 g/mol. The van der Waals surface area contributed by atoms with Crippen molar-refractivity contribution >= 4 is 23.1 Å². The van der Waals surface area contributed by atoms with Crippen molar-refractivity contribution in [2.75, 3.05) is 7.11 Å². The molecule has 4 nitrogen and oxygen atoms in total. The Morgan fingerprint density at radius 1 is 1.67 bits per heavy atom. The summed E-state index contributed by atoms with van der Waals surface area (Å²) in [6.07, 6.45) is 1.62. The predicted octanol–water partition coefficient (Wildman–Crippen LogP) is 0.428. The van der Waals surface area contributed by atoms with Gasteiger partial charge in [0, 0.05) is 11.6 Å². The number of hydrogen-bond donors (Lipinski definition) is 0. The van der Waals surface area contributed by atoms with Crippen LogP contribution in [-0.2, 0) is 20.7 Å². The molecule has 1 aromatic heterocycles. The molecule has 0 aliphatic rings. The van der Waals surface area contributed by atoms with Gasteiger partial charge in [-0.05, 0) is 0 Å². The first kappa shape index (κ1) is 8.86. The third-order valence-electron chi connectivity index (χ3n) is 1.21. The zero-order chi connectivity index (χ0) is 8.97. The van der Waals surface area contributed by atoms with E-state index in [1.807, 2.05) is 0 Å². The number of hydrogen-bond acceptors (Lipinski definition) is 5. The number of esters is 1. The fourth-order valence-corrected chi connectivity index (χ4v) is 1.28. The molecule has 0 aliphatic heterocycles. The third-order valence-corrected chi connectivity index (χ3v) is 1.99. The molecule has 0 atom stereocenters. The van der Waals surface area contributed by atoms with E-state index in [4.69, 9.17) is 0 Å². The number of thiazole rings is 1. The van der Waals surface area contributed by atoms with Gasteiger partial charge in [0.2, 0.25) is 5.78 Å². The van der Waals surface area contributed by atoms with Crippen molar-refractivity contribution in [2.45, 2.75) is 6.42 Å². The van der Waals surface area contributed by atoms with Crippen LogP contribution >= 0.6 is 11.3 Å². The second-order valence-corrected chi connectivity index (χ2v) is 3.00. The third kappa shape index (κ3) is 2.13. The Kier molecular flexibility index (Phi) is 2.93. The van der Waals surface area contributed by atoms with Gasteiger partial charge in [-0.3, -0.25) is 4.79 Å². The maximum absolute atomic E-state index is 10.9. The number of nitrogens with zero attached hydrogens (tertiary/aromatic N) is 1. The molecule has 0 spiro atoms. The normalized spacial score (nSPS) is 9.42. The van der Waals surface area contributed by atoms with E-state index in [1.165, 1.54) is 18.4 Å². The zero-order valence-corrected chi connectivity index (χ0v) is 7.26. The summed E-state index contributed by atoms with van der Waals surface area (Å²) in [6.45, 7) is 0. The Bertz CT molecular complexity index is 281. The number of Topliss-reactive ketones (excluding diaryl/α,β-unsaturated/α-hetero) is 1. The SMILES string of the molecule is COC(=O)C(=O)Cc1nccs1. The fourth-order valence-electron chi connectivity index (χ4n) is 0.664. The molecule has 0 aliphatic carbocycles. The van der Waals surface area contributed by atoms with E-state index in [0.717, 1.165) is 0 Å². The van der Waals surface area contributed by atoms with Gasteiger partial charge in [0.15, 0.2) is 0 Å². The lowest BCUT2D eigenvalue weighted by atomic mass is 10.3. The van der Waals surface area contributed by atoms with Gasteiger partial charge < -0.3 is 4.74 Å². The molecule has 64 valence electrons. The van der Waals surface area contributed by atoms with Gasteiger partial charge in [0.25, 0.3) is 0 Å². The Labute approximate surface area is 73.2 Å². The summed E-state index contributed by atoms with van der Waals surface area (Å²) in [7, 11) is 1.18. The summed E-state index contributed by atoms with van der Waals surface area (Å²) < 4.78 is 4.25. The summed E-state index contributed by atoms with van der Waals surface area (Å²) in [5.41, 5.74) is 0. The highest BCUT2D eigenvalue weighted by Crippen LogP contribution is 2.05. The highest BCUT2D eigenvalue weighted by Gasteiger charge is 2.15. The van der Waals surface area contributed by atoms with Gasteiger partial charge in [-0.2, -0.15) is 0 Å². The van der Waals surface area contributed by atoms with Crippen LogP contribution in [0.15, 0.2) is 11.6 Å². The Morgan fingerprint density at radius 2 is 2.42 bits per heavy atom. The van der Waals surface area contributed by atoms with Crippen LogP contribution in [0, 0.1) is 0 Å². The van der Waals surface area contributed by atoms with Crippen LogP contribution in [0.2, 0.25) is 0 Å². The van der Waals surface area contributed by atoms with Gasteiger partial charge >= 0.3 is 5.97 Å². The molecule has 0 unspecified atom stereocenters. The van der Waals surface area contributed by atoms with Crippen LogP contribution in [0.4, 0.5) is 0 Å². The van der Waals surface area contributed by atoms with Crippen LogP contribution in [0.3, 0.4) is 0 Å². The highest BCUT2D eigenvalue weighted by atomic mass is 32.1. The quantitative estimate of drug-likeness (QED) is 0.506. The fraction of sp³-hybridized carbons (Fsp3) is 0.286. The van der Waals surface area contributed by atoms with Crippen LogP contribution in [0.5, 0.6) is 0 Å². The van der Waals surface area contributed by atoms with E-state index in [1.54, 1.807) is 11.6 Å². The Morgan fingerprint density at radius 3 is 2.92 bits per heavy atom. The maximum atomic E-state index is 10.9. The molecule has 1 rings (SSSR count). The van der Waals surface area contributed by atoms with E-state index in [2.05, 4.69) is 9.72 Å². The molecule has 0 N–H and O–H groups in total. The van der Waals surface area contributed by atoms with Crippen LogP contribution in [-0.4, -0.2) is 23.8 Å². The van der Waals surface area contributed by atoms with Crippen LogP contribution in [0.25, 0.3) is 0 Å². The molecular formula is C7H7NO3S. The lowest BCUT2D eigenvalue weighted by Gasteiger charge is -1.94. The average Bonchev–Trinajstić information content (AvgIpc) is 2.55. The maximum Gasteiger partial charge on any atom is 0.374 e. The van der Waals surface area contributed by atoms with Crippen molar-refractivity contribution in [3.8, 4) is 0 Å². The van der Waals surface area contributed by atoms with Gasteiger partial charge in [-0.1, -0.05) is 0 Å². The molecule has 0 saturated carbocycles. The van der Waals surface area contributed by atoms with E-state index in [0.29, 0.717) is 5.01 Å². The van der Waals surface area contributed by atoms with E-state index in [-0.39, 0.29) is 6.42 Å². The first-order chi connectivity index (χ1) is 5.74. The minimum absolute atomic E-state index is 0.0321. The molecule has 0 aromatic carbocycles. The molecule has 12 heavy (non-hydrogen) atoms. The van der Waals surface area contributed by atoms with Crippen molar-refractivity contribution in [1.29, 1.82) is 0 Å². The number of carbonyl (C=O) groups is 2. The van der Waals surface area contributed by atoms with Gasteiger partial charge in [-0.25, -0.2) is 9.78 Å². The lowest BCUT2D eigenvalue weighted by Crippen LogP contribution is -2.17. The first-order valence-electron chi connectivity index (χ1n) is 3.23. The number of methoxy groups -OCH3 is 1. The van der Waals surface area contributed by atoms with Gasteiger partial charge in [0.05, 0.1) is 13.5 Å². The minimum Gasteiger partial charge on any atom is -0.463 e. The standard InChI is InChI=1S/C7H7NO3S/c1-11-7(10)5(9)4-6-8-2-3-12-6/h2-3H,4H2,1H3. The molecule has 0 bridgehead atoms. The molecule has 0 fully saturated rings. The second kappa shape index (κ2) is 3.96. The van der Waals surface area contributed by atoms with Crippen molar-refractivity contribution in [3.63, 3.8) is 0 Å². The average molecular weight is 185 g/mol. The molecule has 1 heterocycles. The van der Waals surface area contributed by atoms with Crippen molar-refractivity contribution < 1.29 is 14.3 Å². The van der Waals surface area contributed by atoms with E-state index >= 15 is 0 Å². The molecule has 5 heteroatoms. The van der Waals surface area contributed by atoms with E-state index < -0.39 is 11.8 Å². The van der Waals surface area contributed by atoms with E-state index in [9.17, 15) is 9.59 Å². The largest absolute Gasteiger partial charge is 0.463 e. The molecule has 1 aromatic rings. The van der Waals surface area contributed by atoms with Crippen molar-refractivity contribution in [1.82, 2.24) is 4.98 Å². The van der Waals surface area contributed by atoms with Crippen molar-refractivity contribution in [2.24, 2.45) is 0 Å². The molecular weight excluding hydrogens is 178 g/mol. The van der Waals surface area contributed by atoms with Crippen molar-refractivity contribution in [3.05, 3.63) is 16.6 Å². The van der Waals surface area contributed by atoms with Gasteiger partial charge in [-0.15, -0.1) is 11.3 Å². The smallest absolute Gasteiger partial charge is 0.374 e. The van der Waals surface area contributed by atoms with Crippen LogP contribution in [0.1, 0.15) is 5.01 Å². The van der Waals surface area contributed by atoms with Gasteiger partial charge in [0.1, 0.15) is 5.01 Å². The Hall–Kier alpha value is -1.23. The number of ketones is 1. The second-order valence-electron chi connectivity index (χ2n) is 2.02. The summed E-state index contributed by atoms with van der Waals surface area (Å²) >= 11 is 1.34. The predicted molar refractivity (Wildman–Crippen MR) is 42.8 cm³/mol. The number of ether oxygens (including phenoxy) is 1. The Balaban J connectivity index is 2.53. The minimum atomic E-state index is -0.815. The molecule has 0 radical (unpaired) electrons. The number of carbonyl (C=O) groups excluding carboxylic acids is 2. The number of aromatic nitrogens is 1. The summed E-state index contributed by atoms with van der Waals surface area (Å²) in [6, 6.07) is 0. The summed E-state index contributed by atoms with van der Waals surface area (Å²) in [4.78, 5) is 25.4. The molecule has 0 saturated heterocycles. The van der Waals surface area contributed by atoms with Crippen LogP contribution < -0.4 is 0 Å². The first-order valence-corrected chi connectivity index (χ1v) is 4.11.